The first-order chi connectivity index (χ1) is 13.9. The summed E-state index contributed by atoms with van der Waals surface area (Å²) in [7, 11) is 0. The molecule has 0 unspecified atom stereocenters. The highest BCUT2D eigenvalue weighted by Gasteiger charge is 2.35. The maximum absolute atomic E-state index is 12.5. The van der Waals surface area contributed by atoms with Crippen molar-refractivity contribution < 1.29 is 14.4 Å². The molecule has 1 aliphatic heterocycles. The van der Waals surface area contributed by atoms with Crippen molar-refractivity contribution in [3.8, 4) is 0 Å². The van der Waals surface area contributed by atoms with Crippen molar-refractivity contribution in [2.24, 2.45) is 5.92 Å². The van der Waals surface area contributed by atoms with Crippen molar-refractivity contribution in [1.29, 1.82) is 0 Å². The van der Waals surface area contributed by atoms with Gasteiger partial charge >= 0.3 is 0 Å². The van der Waals surface area contributed by atoms with E-state index >= 15 is 0 Å². The van der Waals surface area contributed by atoms with E-state index in [-0.39, 0.29) is 30.7 Å². The number of thioether (sulfide) groups is 1. The lowest BCUT2D eigenvalue weighted by Gasteiger charge is -2.17. The van der Waals surface area contributed by atoms with E-state index in [0.29, 0.717) is 17.3 Å². The molecule has 3 amide bonds. The first kappa shape index (κ1) is 21.2. The van der Waals surface area contributed by atoms with Gasteiger partial charge in [0, 0.05) is 34.3 Å². The number of hydrogen-bond acceptors (Lipinski definition) is 4. The third kappa shape index (κ3) is 5.10. The van der Waals surface area contributed by atoms with E-state index in [0.717, 1.165) is 16.1 Å². The van der Waals surface area contributed by atoms with Gasteiger partial charge in [0.1, 0.15) is 0 Å². The summed E-state index contributed by atoms with van der Waals surface area (Å²) >= 11 is 7.64. The number of carbonyl (C=O) groups excluding carboxylic acids is 3. The molecule has 2 aromatic carbocycles. The minimum Gasteiger partial charge on any atom is -0.347 e. The molecule has 6 nitrogen and oxygen atoms in total. The van der Waals surface area contributed by atoms with Gasteiger partial charge in [-0.2, -0.15) is 0 Å². The highest BCUT2D eigenvalue weighted by molar-refractivity contribution is 7.98. The fraction of sp³-hybridized carbons (Fsp3) is 0.286. The molecule has 1 atom stereocenters. The third-order valence-electron chi connectivity index (χ3n) is 4.83. The summed E-state index contributed by atoms with van der Waals surface area (Å²) in [6, 6.07) is 12.9. The molecule has 1 saturated heterocycles. The molecule has 1 heterocycles. The predicted octanol–water partition coefficient (Wildman–Crippen LogP) is 3.48. The average molecular weight is 432 g/mol. The van der Waals surface area contributed by atoms with E-state index in [4.69, 9.17) is 11.6 Å². The Hall–Kier alpha value is -2.51. The summed E-state index contributed by atoms with van der Waals surface area (Å²) in [5.74, 6) is -1.24. The molecule has 2 N–H and O–H groups in total. The molecule has 1 aliphatic rings. The van der Waals surface area contributed by atoms with Gasteiger partial charge in [0.2, 0.25) is 17.7 Å². The standard InChI is InChI=1S/C21H22ClN3O3S/c1-13-17(22)7-4-8-18(13)24-19(26)11-23-21(28)14-9-20(27)25(12-14)15-5-3-6-16(10-15)29-2/h3-8,10,14H,9,11-12H2,1-2H3,(H,23,28)(H,24,26)/t14-/m0/s1. The van der Waals surface area contributed by atoms with E-state index < -0.39 is 5.92 Å². The maximum atomic E-state index is 12.5. The number of carbonyl (C=O) groups is 3. The number of halogens is 1. The second-order valence-electron chi connectivity index (χ2n) is 6.79. The molecule has 0 aromatic heterocycles. The van der Waals surface area contributed by atoms with Gasteiger partial charge in [-0.3, -0.25) is 14.4 Å². The molecule has 3 rings (SSSR count). The second kappa shape index (κ2) is 9.33. The largest absolute Gasteiger partial charge is 0.347 e. The Kier molecular flexibility index (Phi) is 6.82. The number of benzene rings is 2. The lowest BCUT2D eigenvalue weighted by molar-refractivity contribution is -0.127. The number of anilines is 2. The van der Waals surface area contributed by atoms with Crippen molar-refractivity contribution in [2.45, 2.75) is 18.2 Å². The van der Waals surface area contributed by atoms with Crippen LogP contribution in [0.1, 0.15) is 12.0 Å². The molecule has 2 aromatic rings. The molecule has 1 fully saturated rings. The van der Waals surface area contributed by atoms with Gasteiger partial charge in [0.25, 0.3) is 0 Å². The Labute approximate surface area is 179 Å². The van der Waals surface area contributed by atoms with Crippen LogP contribution in [0.5, 0.6) is 0 Å². The fourth-order valence-corrected chi connectivity index (χ4v) is 3.79. The molecule has 8 heteroatoms. The number of nitrogens with one attached hydrogen (secondary N) is 2. The van der Waals surface area contributed by atoms with Crippen molar-refractivity contribution in [2.75, 3.05) is 29.6 Å². The number of amides is 3. The molecule has 0 aliphatic carbocycles. The first-order valence-corrected chi connectivity index (χ1v) is 10.8. The third-order valence-corrected chi connectivity index (χ3v) is 5.96. The van der Waals surface area contributed by atoms with Crippen LogP contribution in [-0.2, 0) is 14.4 Å². The van der Waals surface area contributed by atoms with Crippen LogP contribution in [0.4, 0.5) is 11.4 Å². The second-order valence-corrected chi connectivity index (χ2v) is 8.07. The Morgan fingerprint density at radius 2 is 2.00 bits per heavy atom. The van der Waals surface area contributed by atoms with Gasteiger partial charge in [-0.1, -0.05) is 23.7 Å². The van der Waals surface area contributed by atoms with Crippen molar-refractivity contribution in [3.63, 3.8) is 0 Å². The van der Waals surface area contributed by atoms with Gasteiger partial charge in [-0.05, 0) is 49.1 Å². The van der Waals surface area contributed by atoms with Crippen molar-refractivity contribution in [1.82, 2.24) is 5.32 Å². The SMILES string of the molecule is CSc1cccc(N2C[C@@H](C(=O)NCC(=O)Nc3cccc(Cl)c3C)CC2=O)c1. The monoisotopic (exact) mass is 431 g/mol. The average Bonchev–Trinajstić information content (AvgIpc) is 3.11. The van der Waals surface area contributed by atoms with Crippen LogP contribution in [0.2, 0.25) is 5.02 Å². The summed E-state index contributed by atoms with van der Waals surface area (Å²) in [6.07, 6.45) is 2.10. The van der Waals surface area contributed by atoms with Gasteiger partial charge in [0.05, 0.1) is 12.5 Å². The van der Waals surface area contributed by atoms with E-state index in [1.807, 2.05) is 30.5 Å². The van der Waals surface area contributed by atoms with Crippen LogP contribution < -0.4 is 15.5 Å². The number of rotatable bonds is 6. The van der Waals surface area contributed by atoms with E-state index in [9.17, 15) is 14.4 Å². The summed E-state index contributed by atoms with van der Waals surface area (Å²) in [6.45, 7) is 1.94. The van der Waals surface area contributed by atoms with Crippen LogP contribution in [0.15, 0.2) is 47.4 Å². The highest BCUT2D eigenvalue weighted by Crippen LogP contribution is 2.28. The minimum atomic E-state index is -0.485. The lowest BCUT2D eigenvalue weighted by atomic mass is 10.1. The quantitative estimate of drug-likeness (QED) is 0.686. The molecular formula is C21H22ClN3O3S. The van der Waals surface area contributed by atoms with Gasteiger partial charge in [0.15, 0.2) is 0 Å². The molecule has 0 saturated carbocycles. The summed E-state index contributed by atoms with van der Waals surface area (Å²) in [5.41, 5.74) is 2.15. The fourth-order valence-electron chi connectivity index (χ4n) is 3.16. The maximum Gasteiger partial charge on any atom is 0.243 e. The Morgan fingerprint density at radius 3 is 2.76 bits per heavy atom. The molecule has 29 heavy (non-hydrogen) atoms. The van der Waals surface area contributed by atoms with Gasteiger partial charge in [-0.25, -0.2) is 0 Å². The van der Waals surface area contributed by atoms with Crippen molar-refractivity contribution >= 4 is 52.5 Å². The zero-order valence-electron chi connectivity index (χ0n) is 16.2. The van der Waals surface area contributed by atoms with Crippen LogP contribution >= 0.6 is 23.4 Å². The van der Waals surface area contributed by atoms with Gasteiger partial charge in [-0.15, -0.1) is 11.8 Å². The Morgan fingerprint density at radius 1 is 1.24 bits per heavy atom. The van der Waals surface area contributed by atoms with E-state index in [1.165, 1.54) is 0 Å². The topological polar surface area (TPSA) is 78.5 Å². The zero-order chi connectivity index (χ0) is 21.0. The number of nitrogens with zero attached hydrogens (tertiary/aromatic N) is 1. The summed E-state index contributed by atoms with van der Waals surface area (Å²) in [5, 5.41) is 5.92. The zero-order valence-corrected chi connectivity index (χ0v) is 17.8. The molecule has 0 bridgehead atoms. The highest BCUT2D eigenvalue weighted by atomic mass is 35.5. The number of hydrogen-bond donors (Lipinski definition) is 2. The Bertz CT molecular complexity index is 951. The van der Waals surface area contributed by atoms with E-state index in [1.54, 1.807) is 41.8 Å². The van der Waals surface area contributed by atoms with E-state index in [2.05, 4.69) is 10.6 Å². The minimum absolute atomic E-state index is 0.0950. The lowest BCUT2D eigenvalue weighted by Crippen LogP contribution is -2.38. The first-order valence-electron chi connectivity index (χ1n) is 9.16. The molecule has 0 spiro atoms. The van der Waals surface area contributed by atoms with Crippen LogP contribution in [0, 0.1) is 12.8 Å². The normalized spacial score (nSPS) is 16.0. The Balaban J connectivity index is 1.55. The smallest absolute Gasteiger partial charge is 0.243 e. The molecular weight excluding hydrogens is 410 g/mol. The van der Waals surface area contributed by atoms with Gasteiger partial charge < -0.3 is 15.5 Å². The van der Waals surface area contributed by atoms with Crippen LogP contribution in [0.25, 0.3) is 0 Å². The summed E-state index contributed by atoms with van der Waals surface area (Å²) < 4.78 is 0. The summed E-state index contributed by atoms with van der Waals surface area (Å²) in [4.78, 5) is 39.7. The van der Waals surface area contributed by atoms with Crippen LogP contribution in [-0.4, -0.2) is 37.1 Å². The van der Waals surface area contributed by atoms with Crippen molar-refractivity contribution in [3.05, 3.63) is 53.1 Å². The predicted molar refractivity (Wildman–Crippen MR) is 117 cm³/mol. The molecule has 152 valence electrons. The van der Waals surface area contributed by atoms with Crippen LogP contribution in [0.3, 0.4) is 0 Å². The molecule has 0 radical (unpaired) electrons.